The maximum atomic E-state index is 10.0. The molecule has 0 aliphatic carbocycles. The van der Waals surface area contributed by atoms with Gasteiger partial charge in [-0.1, -0.05) is 26.7 Å². The third-order valence-electron chi connectivity index (χ3n) is 2.13. The van der Waals surface area contributed by atoms with Crippen molar-refractivity contribution in [3.05, 3.63) is 0 Å². The lowest BCUT2D eigenvalue weighted by Gasteiger charge is -2.34. The standard InChI is InChI=1S/C9H21NO/c1-5-7-9(11,8-6-2)10(3)4/h11H,5-8H2,1-4H3. The van der Waals surface area contributed by atoms with E-state index in [1.807, 2.05) is 19.0 Å². The second kappa shape index (κ2) is 4.73. The van der Waals surface area contributed by atoms with Gasteiger partial charge in [0.15, 0.2) is 0 Å². The van der Waals surface area contributed by atoms with Crippen molar-refractivity contribution in [2.75, 3.05) is 14.1 Å². The number of nitrogens with zero attached hydrogens (tertiary/aromatic N) is 1. The van der Waals surface area contributed by atoms with Crippen molar-refractivity contribution >= 4 is 0 Å². The molecule has 1 N–H and O–H groups in total. The highest BCUT2D eigenvalue weighted by Crippen LogP contribution is 2.21. The first kappa shape index (κ1) is 10.9. The van der Waals surface area contributed by atoms with Crippen LogP contribution in [-0.4, -0.2) is 29.8 Å². The van der Waals surface area contributed by atoms with E-state index in [0.29, 0.717) is 0 Å². The molecule has 68 valence electrons. The Morgan fingerprint density at radius 3 is 1.64 bits per heavy atom. The zero-order valence-corrected chi connectivity index (χ0v) is 8.22. The molecule has 0 radical (unpaired) electrons. The number of rotatable bonds is 5. The summed E-state index contributed by atoms with van der Waals surface area (Å²) < 4.78 is 0. The van der Waals surface area contributed by atoms with Crippen molar-refractivity contribution < 1.29 is 5.11 Å². The minimum Gasteiger partial charge on any atom is -0.376 e. The summed E-state index contributed by atoms with van der Waals surface area (Å²) in [6.45, 7) is 4.20. The molecule has 0 saturated carbocycles. The smallest absolute Gasteiger partial charge is 0.117 e. The lowest BCUT2D eigenvalue weighted by molar-refractivity contribution is -0.0955. The van der Waals surface area contributed by atoms with Crippen molar-refractivity contribution in [3.63, 3.8) is 0 Å². The average molecular weight is 159 g/mol. The van der Waals surface area contributed by atoms with Gasteiger partial charge in [-0.25, -0.2) is 0 Å². The Kier molecular flexibility index (Phi) is 4.69. The maximum Gasteiger partial charge on any atom is 0.117 e. The van der Waals surface area contributed by atoms with E-state index in [4.69, 9.17) is 0 Å². The summed E-state index contributed by atoms with van der Waals surface area (Å²) in [5.41, 5.74) is -0.566. The molecule has 0 rings (SSSR count). The molecule has 0 spiro atoms. The summed E-state index contributed by atoms with van der Waals surface area (Å²) in [6.07, 6.45) is 3.81. The van der Waals surface area contributed by atoms with Gasteiger partial charge in [0, 0.05) is 0 Å². The van der Waals surface area contributed by atoms with Gasteiger partial charge in [-0.2, -0.15) is 0 Å². The van der Waals surface area contributed by atoms with Gasteiger partial charge in [-0.05, 0) is 26.9 Å². The average Bonchev–Trinajstić information content (AvgIpc) is 1.88. The van der Waals surface area contributed by atoms with E-state index in [1.54, 1.807) is 0 Å². The summed E-state index contributed by atoms with van der Waals surface area (Å²) in [7, 11) is 3.87. The number of hydrogen-bond donors (Lipinski definition) is 1. The summed E-state index contributed by atoms with van der Waals surface area (Å²) in [4.78, 5) is 1.92. The van der Waals surface area contributed by atoms with Crippen molar-refractivity contribution in [3.8, 4) is 0 Å². The fourth-order valence-corrected chi connectivity index (χ4v) is 1.37. The lowest BCUT2D eigenvalue weighted by Crippen LogP contribution is -2.43. The molecule has 0 aromatic rings. The highest BCUT2D eigenvalue weighted by atomic mass is 16.3. The monoisotopic (exact) mass is 159 g/mol. The van der Waals surface area contributed by atoms with Crippen LogP contribution < -0.4 is 0 Å². The Labute approximate surface area is 70.2 Å². The Balaban J connectivity index is 4.01. The number of hydrogen-bond acceptors (Lipinski definition) is 2. The van der Waals surface area contributed by atoms with Gasteiger partial charge >= 0.3 is 0 Å². The molecule has 0 aromatic carbocycles. The molecular weight excluding hydrogens is 138 g/mol. The van der Waals surface area contributed by atoms with Crippen LogP contribution in [0.3, 0.4) is 0 Å². The fraction of sp³-hybridized carbons (Fsp3) is 1.00. The third-order valence-corrected chi connectivity index (χ3v) is 2.13. The first-order chi connectivity index (χ1) is 5.06. The molecule has 0 saturated heterocycles. The maximum absolute atomic E-state index is 10.0. The molecule has 0 heterocycles. The quantitative estimate of drug-likeness (QED) is 0.619. The van der Waals surface area contributed by atoms with E-state index in [0.717, 1.165) is 25.7 Å². The van der Waals surface area contributed by atoms with E-state index < -0.39 is 5.72 Å². The molecule has 0 fully saturated rings. The first-order valence-corrected chi connectivity index (χ1v) is 4.46. The van der Waals surface area contributed by atoms with Crippen LogP contribution in [0.25, 0.3) is 0 Å². The molecule has 0 bridgehead atoms. The topological polar surface area (TPSA) is 23.5 Å². The Morgan fingerprint density at radius 1 is 1.09 bits per heavy atom. The SMILES string of the molecule is CCCC(O)(CCC)N(C)C. The zero-order valence-electron chi connectivity index (χ0n) is 8.22. The van der Waals surface area contributed by atoms with E-state index in [2.05, 4.69) is 13.8 Å². The van der Waals surface area contributed by atoms with Gasteiger partial charge in [-0.3, -0.25) is 4.90 Å². The Morgan fingerprint density at radius 2 is 1.45 bits per heavy atom. The molecule has 2 heteroatoms. The van der Waals surface area contributed by atoms with Crippen LogP contribution in [0.4, 0.5) is 0 Å². The van der Waals surface area contributed by atoms with E-state index in [1.165, 1.54) is 0 Å². The molecule has 0 unspecified atom stereocenters. The lowest BCUT2D eigenvalue weighted by atomic mass is 10.0. The molecule has 0 aliphatic heterocycles. The minimum absolute atomic E-state index is 0.566. The summed E-state index contributed by atoms with van der Waals surface area (Å²) in [6, 6.07) is 0. The van der Waals surface area contributed by atoms with Crippen LogP contribution in [-0.2, 0) is 0 Å². The van der Waals surface area contributed by atoms with Crippen molar-refractivity contribution in [2.45, 2.75) is 45.3 Å². The zero-order chi connectivity index (χ0) is 8.91. The predicted octanol–water partition coefficient (Wildman–Crippen LogP) is 1.84. The van der Waals surface area contributed by atoms with Crippen LogP contribution >= 0.6 is 0 Å². The van der Waals surface area contributed by atoms with Crippen LogP contribution in [0.15, 0.2) is 0 Å². The molecule has 0 atom stereocenters. The molecule has 2 nitrogen and oxygen atoms in total. The van der Waals surface area contributed by atoms with Crippen molar-refractivity contribution in [1.29, 1.82) is 0 Å². The molecule has 0 aromatic heterocycles. The highest BCUT2D eigenvalue weighted by Gasteiger charge is 2.26. The van der Waals surface area contributed by atoms with Gasteiger partial charge in [0.2, 0.25) is 0 Å². The summed E-state index contributed by atoms with van der Waals surface area (Å²) in [5.74, 6) is 0. The van der Waals surface area contributed by atoms with Gasteiger partial charge in [0.1, 0.15) is 5.72 Å². The van der Waals surface area contributed by atoms with Gasteiger partial charge in [0.25, 0.3) is 0 Å². The minimum atomic E-state index is -0.566. The first-order valence-electron chi connectivity index (χ1n) is 4.46. The second-order valence-electron chi connectivity index (χ2n) is 3.38. The van der Waals surface area contributed by atoms with Gasteiger partial charge < -0.3 is 5.11 Å². The predicted molar refractivity (Wildman–Crippen MR) is 48.5 cm³/mol. The summed E-state index contributed by atoms with van der Waals surface area (Å²) >= 11 is 0. The van der Waals surface area contributed by atoms with Gasteiger partial charge in [0.05, 0.1) is 0 Å². The molecule has 0 amide bonds. The van der Waals surface area contributed by atoms with Crippen LogP contribution in [0.2, 0.25) is 0 Å². The second-order valence-corrected chi connectivity index (χ2v) is 3.38. The molecule has 0 aliphatic rings. The highest BCUT2D eigenvalue weighted by molar-refractivity contribution is 4.73. The fourth-order valence-electron chi connectivity index (χ4n) is 1.37. The normalized spacial score (nSPS) is 12.5. The Bertz CT molecular complexity index is 95.7. The Hall–Kier alpha value is -0.0800. The van der Waals surface area contributed by atoms with E-state index in [-0.39, 0.29) is 0 Å². The van der Waals surface area contributed by atoms with Crippen LogP contribution in [0.1, 0.15) is 39.5 Å². The third kappa shape index (κ3) is 3.21. The largest absolute Gasteiger partial charge is 0.376 e. The number of aliphatic hydroxyl groups is 1. The van der Waals surface area contributed by atoms with Crippen molar-refractivity contribution in [2.24, 2.45) is 0 Å². The molecule has 11 heavy (non-hydrogen) atoms. The van der Waals surface area contributed by atoms with Gasteiger partial charge in [-0.15, -0.1) is 0 Å². The van der Waals surface area contributed by atoms with Crippen molar-refractivity contribution in [1.82, 2.24) is 4.90 Å². The van der Waals surface area contributed by atoms with E-state index >= 15 is 0 Å². The van der Waals surface area contributed by atoms with Crippen LogP contribution in [0.5, 0.6) is 0 Å². The van der Waals surface area contributed by atoms with Crippen LogP contribution in [0, 0.1) is 0 Å². The van der Waals surface area contributed by atoms with E-state index in [9.17, 15) is 5.11 Å². The summed E-state index contributed by atoms with van der Waals surface area (Å²) in [5, 5.41) is 10.0. The molecular formula is C9H21NO.